The third kappa shape index (κ3) is 3.63. The average molecular weight is 453 g/mol. The van der Waals surface area contributed by atoms with Gasteiger partial charge in [-0.15, -0.1) is 11.3 Å². The number of sulfonamides is 1. The quantitative estimate of drug-likeness (QED) is 0.601. The molecule has 5 nitrogen and oxygen atoms in total. The summed E-state index contributed by atoms with van der Waals surface area (Å²) >= 11 is 13.3. The molecule has 0 radical (unpaired) electrons. The monoisotopic (exact) mass is 452 g/mol. The van der Waals surface area contributed by atoms with E-state index >= 15 is 0 Å². The number of hydrogen-bond donors (Lipinski definition) is 1. The molecule has 2 aromatic carbocycles. The number of anilines is 2. The molecule has 0 saturated heterocycles. The maximum atomic E-state index is 12.7. The van der Waals surface area contributed by atoms with Crippen molar-refractivity contribution < 1.29 is 13.2 Å². The van der Waals surface area contributed by atoms with Gasteiger partial charge in [0.2, 0.25) is 0 Å². The third-order valence-corrected chi connectivity index (χ3v) is 7.35. The number of amides is 1. The third-order valence-electron chi connectivity index (χ3n) is 4.39. The van der Waals surface area contributed by atoms with E-state index in [1.807, 2.05) is 17.5 Å². The molecule has 0 atom stereocenters. The van der Waals surface area contributed by atoms with Gasteiger partial charge in [-0.25, -0.2) is 8.42 Å². The molecule has 1 aliphatic heterocycles. The lowest BCUT2D eigenvalue weighted by molar-refractivity contribution is 0.0993. The summed E-state index contributed by atoms with van der Waals surface area (Å²) in [5.41, 5.74) is 2.05. The topological polar surface area (TPSA) is 66.5 Å². The maximum Gasteiger partial charge on any atom is 0.268 e. The molecular weight excluding hydrogens is 439 g/mol. The first-order valence-corrected chi connectivity index (χ1v) is 11.4. The smallest absolute Gasteiger partial charge is 0.268 e. The number of halogens is 2. The van der Waals surface area contributed by atoms with Gasteiger partial charge >= 0.3 is 0 Å². The number of benzene rings is 2. The van der Waals surface area contributed by atoms with Crippen LogP contribution in [0, 0.1) is 0 Å². The summed E-state index contributed by atoms with van der Waals surface area (Å²) in [6.07, 6.45) is 0.722. The highest BCUT2D eigenvalue weighted by Crippen LogP contribution is 2.34. The molecule has 1 aliphatic rings. The van der Waals surface area contributed by atoms with Gasteiger partial charge in [0.15, 0.2) is 0 Å². The summed E-state index contributed by atoms with van der Waals surface area (Å²) in [6.45, 7) is 0.558. The predicted octanol–water partition coefficient (Wildman–Crippen LogP) is 5.06. The Morgan fingerprint density at radius 3 is 2.68 bits per heavy atom. The molecule has 4 rings (SSSR count). The Kier molecular flexibility index (Phi) is 5.09. The lowest BCUT2D eigenvalue weighted by Gasteiger charge is -2.18. The van der Waals surface area contributed by atoms with Crippen molar-refractivity contribution in [3.05, 3.63) is 74.4 Å². The van der Waals surface area contributed by atoms with Crippen molar-refractivity contribution in [3.8, 4) is 0 Å². The van der Waals surface area contributed by atoms with Crippen molar-refractivity contribution >= 4 is 61.8 Å². The summed E-state index contributed by atoms with van der Waals surface area (Å²) < 4.78 is 28.0. The zero-order valence-electron chi connectivity index (χ0n) is 14.4. The van der Waals surface area contributed by atoms with Gasteiger partial charge in [0, 0.05) is 17.3 Å². The molecule has 28 heavy (non-hydrogen) atoms. The number of nitrogens with zero attached hydrogens (tertiary/aromatic N) is 1. The number of rotatable bonds is 4. The Morgan fingerprint density at radius 2 is 1.93 bits per heavy atom. The molecule has 144 valence electrons. The van der Waals surface area contributed by atoms with Crippen molar-refractivity contribution in [2.45, 2.75) is 11.3 Å². The molecular formula is C19H14Cl2N2O3S2. The Hall–Kier alpha value is -2.06. The average Bonchev–Trinajstić information content (AvgIpc) is 3.32. The standard InChI is InChI=1S/C19H14Cl2N2O3S2/c20-13-4-6-15(21)18(10-13)28(25,26)22-14-5-3-12-7-8-23(16(12)11-14)19(24)17-2-1-9-27-17/h1-6,9-11,22H,7-8H2. The van der Waals surface area contributed by atoms with Crippen LogP contribution in [0.2, 0.25) is 10.0 Å². The van der Waals surface area contributed by atoms with E-state index in [1.54, 1.807) is 23.1 Å². The van der Waals surface area contributed by atoms with Crippen LogP contribution in [0.5, 0.6) is 0 Å². The van der Waals surface area contributed by atoms with Crippen LogP contribution >= 0.6 is 34.5 Å². The van der Waals surface area contributed by atoms with E-state index in [0.29, 0.717) is 22.8 Å². The second-order valence-electron chi connectivity index (χ2n) is 6.21. The van der Waals surface area contributed by atoms with Crippen LogP contribution < -0.4 is 9.62 Å². The summed E-state index contributed by atoms with van der Waals surface area (Å²) in [6, 6.07) is 13.0. The second kappa shape index (κ2) is 7.40. The highest BCUT2D eigenvalue weighted by molar-refractivity contribution is 7.92. The van der Waals surface area contributed by atoms with Crippen molar-refractivity contribution in [1.29, 1.82) is 0 Å². The van der Waals surface area contributed by atoms with Gasteiger partial charge in [-0.2, -0.15) is 0 Å². The minimum Gasteiger partial charge on any atom is -0.307 e. The lowest BCUT2D eigenvalue weighted by Crippen LogP contribution is -2.28. The fraction of sp³-hybridized carbons (Fsp3) is 0.105. The number of carbonyl (C=O) groups excluding carboxylic acids is 1. The van der Waals surface area contributed by atoms with E-state index < -0.39 is 10.0 Å². The maximum absolute atomic E-state index is 12.7. The molecule has 0 saturated carbocycles. The van der Waals surface area contributed by atoms with E-state index in [2.05, 4.69) is 4.72 Å². The van der Waals surface area contributed by atoms with E-state index in [0.717, 1.165) is 12.0 Å². The Morgan fingerprint density at radius 1 is 1.11 bits per heavy atom. The van der Waals surface area contributed by atoms with Crippen LogP contribution in [0.1, 0.15) is 15.2 Å². The van der Waals surface area contributed by atoms with E-state index in [-0.39, 0.29) is 20.8 Å². The van der Waals surface area contributed by atoms with Crippen LogP contribution in [0.15, 0.2) is 58.8 Å². The van der Waals surface area contributed by atoms with Gasteiger partial charge in [-0.3, -0.25) is 9.52 Å². The Bertz CT molecular complexity index is 1160. The minimum atomic E-state index is -3.93. The van der Waals surface area contributed by atoms with Crippen molar-refractivity contribution in [3.63, 3.8) is 0 Å². The highest BCUT2D eigenvalue weighted by atomic mass is 35.5. The number of nitrogens with one attached hydrogen (secondary N) is 1. The summed E-state index contributed by atoms with van der Waals surface area (Å²) in [4.78, 5) is 14.9. The van der Waals surface area contributed by atoms with Crippen LogP contribution in [0.25, 0.3) is 0 Å². The molecule has 0 bridgehead atoms. The van der Waals surface area contributed by atoms with Gasteiger partial charge in [-0.05, 0) is 53.8 Å². The number of thiophene rings is 1. The molecule has 1 amide bonds. The molecule has 1 N–H and O–H groups in total. The summed E-state index contributed by atoms with van der Waals surface area (Å²) in [7, 11) is -3.93. The SMILES string of the molecule is O=C(c1cccs1)N1CCc2ccc(NS(=O)(=O)c3cc(Cl)ccc3Cl)cc21. The first kappa shape index (κ1) is 19.3. The van der Waals surface area contributed by atoms with E-state index in [9.17, 15) is 13.2 Å². The molecule has 0 fully saturated rings. The van der Waals surface area contributed by atoms with Crippen LogP contribution in [0.3, 0.4) is 0 Å². The number of carbonyl (C=O) groups is 1. The molecule has 0 aliphatic carbocycles. The molecule has 1 aromatic heterocycles. The molecule has 0 unspecified atom stereocenters. The lowest BCUT2D eigenvalue weighted by atomic mass is 10.1. The highest BCUT2D eigenvalue weighted by Gasteiger charge is 2.27. The van der Waals surface area contributed by atoms with Crippen molar-refractivity contribution in [1.82, 2.24) is 0 Å². The zero-order valence-corrected chi connectivity index (χ0v) is 17.5. The molecule has 2 heterocycles. The predicted molar refractivity (Wildman–Crippen MR) is 113 cm³/mol. The summed E-state index contributed by atoms with van der Waals surface area (Å²) in [5.74, 6) is -0.0911. The second-order valence-corrected chi connectivity index (χ2v) is 9.65. The van der Waals surface area contributed by atoms with Gasteiger partial charge < -0.3 is 4.90 Å². The van der Waals surface area contributed by atoms with Crippen LogP contribution in [-0.4, -0.2) is 20.9 Å². The fourth-order valence-electron chi connectivity index (χ4n) is 3.08. The van der Waals surface area contributed by atoms with E-state index in [1.165, 1.54) is 29.5 Å². The van der Waals surface area contributed by atoms with Crippen molar-refractivity contribution in [2.75, 3.05) is 16.2 Å². The largest absolute Gasteiger partial charge is 0.307 e. The van der Waals surface area contributed by atoms with Gasteiger partial charge in [-0.1, -0.05) is 35.3 Å². The normalized spacial score (nSPS) is 13.4. The molecule has 9 heteroatoms. The van der Waals surface area contributed by atoms with Gasteiger partial charge in [0.05, 0.1) is 15.6 Å². The van der Waals surface area contributed by atoms with Gasteiger partial charge in [0.1, 0.15) is 4.90 Å². The van der Waals surface area contributed by atoms with Crippen molar-refractivity contribution in [2.24, 2.45) is 0 Å². The first-order chi connectivity index (χ1) is 13.3. The van der Waals surface area contributed by atoms with Crippen LogP contribution in [0.4, 0.5) is 11.4 Å². The molecule has 0 spiro atoms. The Labute approximate surface area is 176 Å². The van der Waals surface area contributed by atoms with E-state index in [4.69, 9.17) is 23.2 Å². The number of fused-ring (bicyclic) bond motifs is 1. The summed E-state index contributed by atoms with van der Waals surface area (Å²) in [5, 5.41) is 2.20. The van der Waals surface area contributed by atoms with Crippen LogP contribution in [-0.2, 0) is 16.4 Å². The number of hydrogen-bond acceptors (Lipinski definition) is 4. The minimum absolute atomic E-state index is 0.0764. The zero-order chi connectivity index (χ0) is 19.9. The fourth-order valence-corrected chi connectivity index (χ4v) is 5.57. The molecule has 3 aromatic rings. The van der Waals surface area contributed by atoms with Gasteiger partial charge in [0.25, 0.3) is 15.9 Å². The Balaban J connectivity index is 1.65. The first-order valence-electron chi connectivity index (χ1n) is 8.31.